The van der Waals surface area contributed by atoms with E-state index >= 15 is 0 Å². The number of nitrogens with one attached hydrogen (secondary N) is 1. The molecule has 1 heterocycles. The average molecular weight is 297 g/mol. The van der Waals surface area contributed by atoms with Gasteiger partial charge in [-0.1, -0.05) is 66.7 Å². The van der Waals surface area contributed by atoms with Gasteiger partial charge in [0.25, 0.3) is 0 Å². The van der Waals surface area contributed by atoms with Crippen molar-refractivity contribution in [2.75, 3.05) is 19.6 Å². The Kier molecular flexibility index (Phi) is 9.59. The van der Waals surface area contributed by atoms with Crippen LogP contribution in [0.2, 0.25) is 0 Å². The van der Waals surface area contributed by atoms with E-state index in [0.29, 0.717) is 0 Å². The van der Waals surface area contributed by atoms with Gasteiger partial charge in [0.2, 0.25) is 0 Å². The van der Waals surface area contributed by atoms with Crippen LogP contribution in [0, 0.1) is 11.8 Å². The Morgan fingerprint density at radius 1 is 1.10 bits per heavy atom. The lowest BCUT2D eigenvalue weighted by Crippen LogP contribution is -2.59. The SMILES string of the molecule is CCCCC(CC)CN1CC(CCC)NCC1C(C)CC. The number of hydrogen-bond donors (Lipinski definition) is 1. The van der Waals surface area contributed by atoms with Gasteiger partial charge in [-0.15, -0.1) is 0 Å². The summed E-state index contributed by atoms with van der Waals surface area (Å²) in [5.74, 6) is 1.71. The summed E-state index contributed by atoms with van der Waals surface area (Å²) in [4.78, 5) is 2.84. The molecule has 1 aliphatic rings. The fourth-order valence-electron chi connectivity index (χ4n) is 3.73. The second-order valence-corrected chi connectivity index (χ2v) is 7.22. The predicted octanol–water partition coefficient (Wildman–Crippen LogP) is 4.69. The minimum atomic E-state index is 0.721. The fraction of sp³-hybridized carbons (Fsp3) is 1.00. The summed E-state index contributed by atoms with van der Waals surface area (Å²) in [7, 11) is 0. The van der Waals surface area contributed by atoms with E-state index in [0.717, 1.165) is 23.9 Å². The quantitative estimate of drug-likeness (QED) is 0.629. The molecule has 1 rings (SSSR count). The van der Waals surface area contributed by atoms with Gasteiger partial charge >= 0.3 is 0 Å². The van der Waals surface area contributed by atoms with Crippen molar-refractivity contribution in [3.8, 4) is 0 Å². The molecule has 1 fully saturated rings. The molecule has 0 aromatic rings. The molecule has 0 aliphatic carbocycles. The molecule has 0 bridgehead atoms. The van der Waals surface area contributed by atoms with Crippen LogP contribution < -0.4 is 5.32 Å². The Bertz CT molecular complexity index is 254. The molecular formula is C19H40N2. The van der Waals surface area contributed by atoms with Crippen LogP contribution in [0.4, 0.5) is 0 Å². The van der Waals surface area contributed by atoms with Crippen molar-refractivity contribution in [3.63, 3.8) is 0 Å². The molecule has 0 spiro atoms. The zero-order valence-electron chi connectivity index (χ0n) is 15.3. The van der Waals surface area contributed by atoms with Gasteiger partial charge < -0.3 is 5.32 Å². The summed E-state index contributed by atoms with van der Waals surface area (Å²) in [6, 6.07) is 1.47. The van der Waals surface area contributed by atoms with Crippen LogP contribution in [0.3, 0.4) is 0 Å². The van der Waals surface area contributed by atoms with Crippen LogP contribution in [-0.2, 0) is 0 Å². The van der Waals surface area contributed by atoms with E-state index in [2.05, 4.69) is 44.8 Å². The molecule has 2 heteroatoms. The Morgan fingerprint density at radius 3 is 2.43 bits per heavy atom. The highest BCUT2D eigenvalue weighted by Gasteiger charge is 2.31. The van der Waals surface area contributed by atoms with Gasteiger partial charge in [-0.25, -0.2) is 0 Å². The monoisotopic (exact) mass is 296 g/mol. The third kappa shape index (κ3) is 6.28. The predicted molar refractivity (Wildman–Crippen MR) is 94.8 cm³/mol. The molecule has 4 unspecified atom stereocenters. The van der Waals surface area contributed by atoms with Crippen molar-refractivity contribution >= 4 is 0 Å². The maximum absolute atomic E-state index is 3.81. The van der Waals surface area contributed by atoms with Crippen molar-refractivity contribution in [1.82, 2.24) is 10.2 Å². The van der Waals surface area contributed by atoms with Gasteiger partial charge in [-0.05, 0) is 24.7 Å². The highest BCUT2D eigenvalue weighted by molar-refractivity contribution is 4.89. The first-order chi connectivity index (χ1) is 10.2. The average Bonchev–Trinajstić information content (AvgIpc) is 2.51. The second kappa shape index (κ2) is 10.6. The molecule has 0 aromatic carbocycles. The van der Waals surface area contributed by atoms with E-state index in [4.69, 9.17) is 0 Å². The van der Waals surface area contributed by atoms with Gasteiger partial charge in [0.05, 0.1) is 0 Å². The highest BCUT2D eigenvalue weighted by Crippen LogP contribution is 2.23. The van der Waals surface area contributed by atoms with Gasteiger partial charge in [0, 0.05) is 31.7 Å². The molecule has 1 saturated heterocycles. The largest absolute Gasteiger partial charge is 0.311 e. The molecule has 126 valence electrons. The van der Waals surface area contributed by atoms with E-state index in [9.17, 15) is 0 Å². The van der Waals surface area contributed by atoms with Crippen LogP contribution in [-0.4, -0.2) is 36.6 Å². The zero-order chi connectivity index (χ0) is 15.7. The maximum Gasteiger partial charge on any atom is 0.0246 e. The summed E-state index contributed by atoms with van der Waals surface area (Å²) >= 11 is 0. The Morgan fingerprint density at radius 2 is 1.86 bits per heavy atom. The number of piperazine rings is 1. The van der Waals surface area contributed by atoms with E-state index in [1.807, 2.05) is 0 Å². The Labute approximate surface area is 134 Å². The van der Waals surface area contributed by atoms with Crippen molar-refractivity contribution in [2.24, 2.45) is 11.8 Å². The van der Waals surface area contributed by atoms with E-state index in [-0.39, 0.29) is 0 Å². The van der Waals surface area contributed by atoms with Crippen LogP contribution in [0.25, 0.3) is 0 Å². The number of unbranched alkanes of at least 4 members (excludes halogenated alkanes) is 1. The fourth-order valence-corrected chi connectivity index (χ4v) is 3.73. The normalized spacial score (nSPS) is 26.7. The van der Waals surface area contributed by atoms with E-state index in [1.165, 1.54) is 64.6 Å². The van der Waals surface area contributed by atoms with Gasteiger partial charge in [-0.2, -0.15) is 0 Å². The third-order valence-electron chi connectivity index (χ3n) is 5.51. The lowest BCUT2D eigenvalue weighted by Gasteiger charge is -2.44. The minimum absolute atomic E-state index is 0.721. The van der Waals surface area contributed by atoms with Crippen LogP contribution in [0.5, 0.6) is 0 Å². The van der Waals surface area contributed by atoms with Crippen molar-refractivity contribution < 1.29 is 0 Å². The third-order valence-corrected chi connectivity index (χ3v) is 5.51. The molecule has 0 aromatic heterocycles. The lowest BCUT2D eigenvalue weighted by molar-refractivity contribution is 0.0703. The standard InChI is InChI=1S/C19H40N2/c1-6-10-12-17(9-4)14-21-15-18(11-7-2)20-13-19(21)16(5)8-3/h16-20H,6-15H2,1-5H3. The summed E-state index contributed by atoms with van der Waals surface area (Å²) in [6.45, 7) is 15.6. The molecule has 0 saturated carbocycles. The number of nitrogens with zero attached hydrogens (tertiary/aromatic N) is 1. The molecule has 1 N–H and O–H groups in total. The second-order valence-electron chi connectivity index (χ2n) is 7.22. The summed E-state index contributed by atoms with van der Waals surface area (Å²) in [5.41, 5.74) is 0. The Hall–Kier alpha value is -0.0800. The smallest absolute Gasteiger partial charge is 0.0246 e. The first-order valence-electron chi connectivity index (χ1n) is 9.63. The van der Waals surface area contributed by atoms with Crippen LogP contribution in [0.15, 0.2) is 0 Å². The molecule has 2 nitrogen and oxygen atoms in total. The summed E-state index contributed by atoms with van der Waals surface area (Å²) < 4.78 is 0. The number of rotatable bonds is 10. The lowest BCUT2D eigenvalue weighted by atomic mass is 9.91. The van der Waals surface area contributed by atoms with Crippen molar-refractivity contribution in [3.05, 3.63) is 0 Å². The van der Waals surface area contributed by atoms with Crippen LogP contribution >= 0.6 is 0 Å². The zero-order valence-corrected chi connectivity index (χ0v) is 15.3. The Balaban J connectivity index is 2.63. The van der Waals surface area contributed by atoms with Gasteiger partial charge in [-0.3, -0.25) is 4.90 Å². The van der Waals surface area contributed by atoms with E-state index < -0.39 is 0 Å². The summed E-state index contributed by atoms with van der Waals surface area (Å²) in [6.07, 6.45) is 9.43. The van der Waals surface area contributed by atoms with Crippen LogP contribution in [0.1, 0.15) is 79.6 Å². The van der Waals surface area contributed by atoms with Crippen molar-refractivity contribution in [1.29, 1.82) is 0 Å². The highest BCUT2D eigenvalue weighted by atomic mass is 15.2. The van der Waals surface area contributed by atoms with Gasteiger partial charge in [0.1, 0.15) is 0 Å². The maximum atomic E-state index is 3.81. The van der Waals surface area contributed by atoms with E-state index in [1.54, 1.807) is 0 Å². The number of hydrogen-bond acceptors (Lipinski definition) is 2. The topological polar surface area (TPSA) is 15.3 Å². The minimum Gasteiger partial charge on any atom is -0.311 e. The summed E-state index contributed by atoms with van der Waals surface area (Å²) in [5, 5.41) is 3.81. The molecule has 4 atom stereocenters. The molecule has 0 radical (unpaired) electrons. The first-order valence-corrected chi connectivity index (χ1v) is 9.63. The molecule has 21 heavy (non-hydrogen) atoms. The molecule has 1 aliphatic heterocycles. The van der Waals surface area contributed by atoms with Gasteiger partial charge in [0.15, 0.2) is 0 Å². The molecular weight excluding hydrogens is 256 g/mol. The first kappa shape index (κ1) is 19.0. The molecule has 0 amide bonds. The van der Waals surface area contributed by atoms with Crippen molar-refractivity contribution in [2.45, 2.75) is 91.6 Å².